The molecule has 4 rings (SSSR count). The first-order chi connectivity index (χ1) is 16.5. The van der Waals surface area contributed by atoms with Crippen molar-refractivity contribution in [2.75, 3.05) is 13.2 Å². The maximum atomic E-state index is 15.3. The van der Waals surface area contributed by atoms with Crippen LogP contribution in [0, 0.1) is 5.82 Å². The van der Waals surface area contributed by atoms with Gasteiger partial charge in [0.15, 0.2) is 5.62 Å². The van der Waals surface area contributed by atoms with Crippen molar-refractivity contribution in [2.24, 2.45) is 0 Å². The summed E-state index contributed by atoms with van der Waals surface area (Å²) in [6.45, 7) is 9.94. The maximum absolute atomic E-state index is 15.3. The van der Waals surface area contributed by atoms with Gasteiger partial charge in [0.2, 0.25) is 5.91 Å². The van der Waals surface area contributed by atoms with Crippen LogP contribution < -0.4 is 16.0 Å². The zero-order valence-corrected chi connectivity index (χ0v) is 20.8. The average molecular weight is 515 g/mol. The fourth-order valence-corrected chi connectivity index (χ4v) is 4.33. The van der Waals surface area contributed by atoms with Crippen molar-refractivity contribution >= 4 is 18.9 Å². The van der Waals surface area contributed by atoms with Gasteiger partial charge in [-0.2, -0.15) is 13.2 Å². The highest BCUT2D eigenvalue weighted by Gasteiger charge is 2.62. The Morgan fingerprint density at radius 3 is 2.19 bits per heavy atom. The molecule has 0 bridgehead atoms. The summed E-state index contributed by atoms with van der Waals surface area (Å²) in [6.07, 6.45) is -4.98. The highest BCUT2D eigenvalue weighted by atomic mass is 19.4. The van der Waals surface area contributed by atoms with Crippen molar-refractivity contribution < 1.29 is 41.2 Å². The van der Waals surface area contributed by atoms with Crippen LogP contribution in [-0.4, -0.2) is 55.0 Å². The van der Waals surface area contributed by atoms with Crippen LogP contribution in [0.15, 0.2) is 18.2 Å². The maximum Gasteiger partial charge on any atom is 0.513 e. The first-order valence-electron chi connectivity index (χ1n) is 11.8. The summed E-state index contributed by atoms with van der Waals surface area (Å²) in [7, 11) is -0.862. The molecule has 3 N–H and O–H groups in total. The molecule has 0 radical (unpaired) electrons. The molecule has 0 aromatic heterocycles. The van der Waals surface area contributed by atoms with Gasteiger partial charge in [-0.05, 0) is 59.1 Å². The highest BCUT2D eigenvalue weighted by molar-refractivity contribution is 6.49. The van der Waals surface area contributed by atoms with Crippen LogP contribution in [0.25, 0.3) is 0 Å². The minimum atomic E-state index is -5.10. The fraction of sp³-hybridized carbons (Fsp3) is 0.652. The van der Waals surface area contributed by atoms with Gasteiger partial charge in [0.25, 0.3) is 0 Å². The predicted molar refractivity (Wildman–Crippen MR) is 121 cm³/mol. The summed E-state index contributed by atoms with van der Waals surface area (Å²) in [5.74, 6) is -3.64. The van der Waals surface area contributed by atoms with E-state index in [0.29, 0.717) is 18.7 Å². The summed E-state index contributed by atoms with van der Waals surface area (Å²) in [5, 5.41) is 7.50. The molecule has 1 saturated carbocycles. The third-order valence-electron chi connectivity index (χ3n) is 7.44. The highest BCUT2D eigenvalue weighted by Crippen LogP contribution is 2.44. The minimum Gasteiger partial charge on any atom is -0.400 e. The SMILES string of the molecule is C[C@@H](NC(=O)C1(NC(=O)C(F)(F)F)CC1)c1ccc(C2(B3OC(C)(C)C(C)(C)O3)NCCO2)cc1F. The Bertz CT molecular complexity index is 1040. The standard InChI is InChI=1S/C23H30BF4N3O5/c1-13(30-17(32)21(8-9-21)31-18(33)23(26,27)28)15-7-6-14(12-16(15)25)22(29-10-11-34-22)24-35-19(2,3)20(4,5)36-24/h6-7,12-13,29H,8-11H2,1-5H3,(H,30,32)(H,31,33)/t13-,22?/m1/s1. The molecule has 198 valence electrons. The molecular formula is C23H30BF4N3O5. The summed E-state index contributed by atoms with van der Waals surface area (Å²) in [4.78, 5) is 23.9. The van der Waals surface area contributed by atoms with E-state index in [1.54, 1.807) is 11.4 Å². The Kier molecular flexibility index (Phi) is 6.47. The van der Waals surface area contributed by atoms with E-state index >= 15 is 4.39 Å². The summed E-state index contributed by atoms with van der Waals surface area (Å²) < 4.78 is 71.5. The zero-order chi connectivity index (χ0) is 26.7. The van der Waals surface area contributed by atoms with Crippen molar-refractivity contribution in [3.05, 3.63) is 35.1 Å². The van der Waals surface area contributed by atoms with E-state index in [-0.39, 0.29) is 18.4 Å². The van der Waals surface area contributed by atoms with Gasteiger partial charge in [-0.3, -0.25) is 14.9 Å². The molecule has 3 fully saturated rings. The summed E-state index contributed by atoms with van der Waals surface area (Å²) >= 11 is 0. The largest absolute Gasteiger partial charge is 0.513 e. The lowest BCUT2D eigenvalue weighted by Gasteiger charge is -2.32. The number of hydrogen-bond donors (Lipinski definition) is 3. The molecule has 2 heterocycles. The number of carbonyl (C=O) groups is 2. The molecule has 8 nitrogen and oxygen atoms in total. The monoisotopic (exact) mass is 515 g/mol. The van der Waals surface area contributed by atoms with Crippen molar-refractivity contribution in [2.45, 2.75) is 82.0 Å². The Balaban J connectivity index is 1.51. The number of rotatable bonds is 6. The lowest BCUT2D eigenvalue weighted by atomic mass is 9.69. The van der Waals surface area contributed by atoms with Crippen LogP contribution in [-0.2, 0) is 29.3 Å². The second-order valence-electron chi connectivity index (χ2n) is 10.6. The number of nitrogens with one attached hydrogen (secondary N) is 3. The van der Waals surface area contributed by atoms with Crippen LogP contribution in [0.4, 0.5) is 17.6 Å². The molecule has 0 spiro atoms. The Morgan fingerprint density at radius 1 is 1.11 bits per heavy atom. The zero-order valence-electron chi connectivity index (χ0n) is 20.8. The molecule has 2 amide bonds. The Morgan fingerprint density at radius 2 is 1.72 bits per heavy atom. The lowest BCUT2D eigenvalue weighted by Crippen LogP contribution is -2.54. The van der Waals surface area contributed by atoms with Gasteiger partial charge in [0, 0.05) is 12.1 Å². The second kappa shape index (κ2) is 8.68. The second-order valence-corrected chi connectivity index (χ2v) is 10.6. The molecule has 13 heteroatoms. The molecule has 2 saturated heterocycles. The van der Waals surface area contributed by atoms with Gasteiger partial charge in [0.1, 0.15) is 11.4 Å². The first-order valence-corrected chi connectivity index (χ1v) is 11.8. The smallest absolute Gasteiger partial charge is 0.400 e. The van der Waals surface area contributed by atoms with Crippen LogP contribution >= 0.6 is 0 Å². The van der Waals surface area contributed by atoms with Gasteiger partial charge in [-0.25, -0.2) is 4.39 Å². The van der Waals surface area contributed by atoms with Crippen molar-refractivity contribution in [3.63, 3.8) is 0 Å². The van der Waals surface area contributed by atoms with Gasteiger partial charge in [0.05, 0.1) is 23.9 Å². The van der Waals surface area contributed by atoms with E-state index in [2.05, 4.69) is 10.6 Å². The molecule has 1 aromatic rings. The summed E-state index contributed by atoms with van der Waals surface area (Å²) in [5.41, 5.74) is -3.64. The van der Waals surface area contributed by atoms with E-state index in [4.69, 9.17) is 14.0 Å². The molecular weight excluding hydrogens is 485 g/mol. The molecule has 1 unspecified atom stereocenters. The van der Waals surface area contributed by atoms with Crippen LogP contribution in [0.2, 0.25) is 0 Å². The van der Waals surface area contributed by atoms with E-state index in [9.17, 15) is 22.8 Å². The van der Waals surface area contributed by atoms with Crippen molar-refractivity contribution in [3.8, 4) is 0 Å². The van der Waals surface area contributed by atoms with Crippen LogP contribution in [0.3, 0.4) is 0 Å². The van der Waals surface area contributed by atoms with E-state index in [0.717, 1.165) is 0 Å². The molecule has 2 aliphatic heterocycles. The molecule has 1 aromatic carbocycles. The third kappa shape index (κ3) is 4.62. The third-order valence-corrected chi connectivity index (χ3v) is 7.44. The van der Waals surface area contributed by atoms with E-state index < -0.39 is 59.3 Å². The number of hydrogen-bond acceptors (Lipinski definition) is 6. The average Bonchev–Trinajstić information content (AvgIpc) is 3.29. The van der Waals surface area contributed by atoms with Gasteiger partial charge >= 0.3 is 19.2 Å². The molecule has 2 atom stereocenters. The van der Waals surface area contributed by atoms with Crippen molar-refractivity contribution in [1.29, 1.82) is 0 Å². The molecule has 36 heavy (non-hydrogen) atoms. The van der Waals surface area contributed by atoms with Gasteiger partial charge in [-0.1, -0.05) is 12.1 Å². The fourth-order valence-electron chi connectivity index (χ4n) is 4.33. The quantitative estimate of drug-likeness (QED) is 0.398. The lowest BCUT2D eigenvalue weighted by molar-refractivity contribution is -0.175. The van der Waals surface area contributed by atoms with Gasteiger partial charge < -0.3 is 24.7 Å². The number of benzene rings is 1. The number of amides is 2. The topological polar surface area (TPSA) is 97.9 Å². The number of carbonyl (C=O) groups excluding carboxylic acids is 2. The Labute approximate surface area is 206 Å². The van der Waals surface area contributed by atoms with Crippen LogP contribution in [0.5, 0.6) is 0 Å². The number of alkyl halides is 3. The minimum absolute atomic E-state index is 0.0639. The predicted octanol–water partition coefficient (Wildman–Crippen LogP) is 2.62. The molecule has 1 aliphatic carbocycles. The van der Waals surface area contributed by atoms with Gasteiger partial charge in [-0.15, -0.1) is 0 Å². The number of halogens is 4. The normalized spacial score (nSPS) is 27.0. The van der Waals surface area contributed by atoms with E-state index in [1.165, 1.54) is 19.1 Å². The molecule has 3 aliphatic rings. The van der Waals surface area contributed by atoms with E-state index in [1.807, 2.05) is 27.7 Å². The summed E-state index contributed by atoms with van der Waals surface area (Å²) in [6, 6.07) is 3.49. The van der Waals surface area contributed by atoms with Crippen LogP contribution in [0.1, 0.15) is 64.6 Å². The van der Waals surface area contributed by atoms with Crippen molar-refractivity contribution in [1.82, 2.24) is 16.0 Å². The first kappa shape index (κ1) is 26.8. The Hall–Kier alpha value is -2.22. The number of ether oxygens (including phenoxy) is 1.